The number of amides is 3. The molecule has 7 rings (SSSR count). The minimum Gasteiger partial charge on any atom is -0.454 e. The SMILES string of the molecule is CC(C)C[C@H](C(=O)OCC(=O)Nc1ccc(Br)cc1Cl)N1C(=O)[C@@H]2C3c4ccccc4C(c4ccccc43)[C@H]2C1=O. The second-order valence-electron chi connectivity index (χ2n) is 11.2. The second-order valence-corrected chi connectivity index (χ2v) is 12.6. The lowest BCUT2D eigenvalue weighted by Gasteiger charge is -2.45. The Hall–Kier alpha value is -3.49. The van der Waals surface area contributed by atoms with E-state index in [2.05, 4.69) is 21.2 Å². The fraction of sp³-hybridized carbons (Fsp3) is 0.312. The van der Waals surface area contributed by atoms with Crippen LogP contribution < -0.4 is 5.32 Å². The molecule has 3 amide bonds. The van der Waals surface area contributed by atoms with Crippen LogP contribution in [0.5, 0.6) is 0 Å². The molecule has 41 heavy (non-hydrogen) atoms. The minimum atomic E-state index is -1.13. The monoisotopic (exact) mass is 634 g/mol. The molecule has 1 saturated heterocycles. The summed E-state index contributed by atoms with van der Waals surface area (Å²) in [5.74, 6) is -3.81. The number of ether oxygens (including phenoxy) is 1. The minimum absolute atomic E-state index is 0.0164. The molecule has 0 saturated carbocycles. The maximum absolute atomic E-state index is 14.1. The van der Waals surface area contributed by atoms with Crippen LogP contribution in [0.4, 0.5) is 5.69 Å². The van der Waals surface area contributed by atoms with Gasteiger partial charge in [-0.1, -0.05) is 89.9 Å². The number of imide groups is 1. The fourth-order valence-electron chi connectivity index (χ4n) is 6.77. The van der Waals surface area contributed by atoms with Crippen LogP contribution in [-0.4, -0.2) is 41.2 Å². The third-order valence-electron chi connectivity index (χ3n) is 8.31. The molecule has 0 unspecified atom stereocenters. The lowest BCUT2D eigenvalue weighted by molar-refractivity contribution is -0.160. The Morgan fingerprint density at radius 1 is 0.902 bits per heavy atom. The van der Waals surface area contributed by atoms with Gasteiger partial charge in [-0.2, -0.15) is 0 Å². The summed E-state index contributed by atoms with van der Waals surface area (Å²) in [5.41, 5.74) is 4.62. The molecule has 3 aliphatic carbocycles. The topological polar surface area (TPSA) is 92.8 Å². The first-order valence-corrected chi connectivity index (χ1v) is 14.8. The predicted octanol–water partition coefficient (Wildman–Crippen LogP) is 5.89. The largest absolute Gasteiger partial charge is 0.454 e. The number of hydrogen-bond acceptors (Lipinski definition) is 5. The highest BCUT2D eigenvalue weighted by molar-refractivity contribution is 9.10. The molecule has 210 valence electrons. The van der Waals surface area contributed by atoms with Crippen molar-refractivity contribution in [2.45, 2.75) is 38.1 Å². The quantitative estimate of drug-likeness (QED) is 0.258. The van der Waals surface area contributed by atoms with Gasteiger partial charge in [0.1, 0.15) is 6.04 Å². The zero-order valence-electron chi connectivity index (χ0n) is 22.5. The Labute approximate surface area is 251 Å². The van der Waals surface area contributed by atoms with Crippen molar-refractivity contribution in [3.63, 3.8) is 0 Å². The van der Waals surface area contributed by atoms with Crippen LogP contribution in [0.3, 0.4) is 0 Å². The molecule has 0 aromatic heterocycles. The van der Waals surface area contributed by atoms with Crippen LogP contribution in [-0.2, 0) is 23.9 Å². The van der Waals surface area contributed by atoms with E-state index in [1.165, 1.54) is 0 Å². The number of carbonyl (C=O) groups is 4. The lowest BCUT2D eigenvalue weighted by atomic mass is 9.55. The first-order valence-electron chi connectivity index (χ1n) is 13.6. The van der Waals surface area contributed by atoms with E-state index in [0.29, 0.717) is 10.7 Å². The van der Waals surface area contributed by atoms with Gasteiger partial charge in [-0.15, -0.1) is 0 Å². The van der Waals surface area contributed by atoms with E-state index in [9.17, 15) is 19.2 Å². The number of anilines is 1. The van der Waals surface area contributed by atoms with E-state index in [4.69, 9.17) is 16.3 Å². The third kappa shape index (κ3) is 4.67. The smallest absolute Gasteiger partial charge is 0.329 e. The highest BCUT2D eigenvalue weighted by Crippen LogP contribution is 2.61. The van der Waals surface area contributed by atoms with Gasteiger partial charge in [-0.3, -0.25) is 19.3 Å². The molecule has 1 fully saturated rings. The van der Waals surface area contributed by atoms with Crippen molar-refractivity contribution in [2.24, 2.45) is 17.8 Å². The van der Waals surface area contributed by atoms with Gasteiger partial charge < -0.3 is 10.1 Å². The van der Waals surface area contributed by atoms with Crippen molar-refractivity contribution >= 4 is 56.9 Å². The third-order valence-corrected chi connectivity index (χ3v) is 9.12. The summed E-state index contributed by atoms with van der Waals surface area (Å²) >= 11 is 9.50. The van der Waals surface area contributed by atoms with Gasteiger partial charge in [0.2, 0.25) is 11.8 Å². The maximum atomic E-state index is 14.1. The molecule has 4 aliphatic rings. The normalized spacial score (nSPS) is 22.7. The molecule has 7 nitrogen and oxygen atoms in total. The number of rotatable bonds is 7. The molecule has 3 aromatic carbocycles. The first kappa shape index (κ1) is 27.7. The number of carbonyl (C=O) groups excluding carboxylic acids is 4. The van der Waals surface area contributed by atoms with Crippen LogP contribution in [0, 0.1) is 17.8 Å². The van der Waals surface area contributed by atoms with E-state index in [1.54, 1.807) is 18.2 Å². The molecule has 9 heteroatoms. The van der Waals surface area contributed by atoms with Crippen molar-refractivity contribution in [2.75, 3.05) is 11.9 Å². The van der Waals surface area contributed by atoms with E-state index in [1.807, 2.05) is 62.4 Å². The molecule has 3 atom stereocenters. The molecular weight excluding hydrogens is 608 g/mol. The van der Waals surface area contributed by atoms with Gasteiger partial charge in [-0.25, -0.2) is 4.79 Å². The Kier molecular flexibility index (Phi) is 7.24. The number of esters is 1. The number of nitrogens with zero attached hydrogens (tertiary/aromatic N) is 1. The summed E-state index contributed by atoms with van der Waals surface area (Å²) < 4.78 is 6.16. The van der Waals surface area contributed by atoms with Crippen molar-refractivity contribution in [3.8, 4) is 0 Å². The Morgan fingerprint density at radius 2 is 1.41 bits per heavy atom. The van der Waals surface area contributed by atoms with Crippen molar-refractivity contribution < 1.29 is 23.9 Å². The summed E-state index contributed by atoms with van der Waals surface area (Å²) in [6, 6.07) is 19.8. The standard InChI is InChI=1S/C32H28BrClN2O5/c1-16(2)13-24(32(40)41-15-25(37)35-23-12-11-17(33)14-22(23)34)36-30(38)28-26-18-7-3-4-8-19(18)27(29(28)31(36)39)21-10-6-5-9-20(21)26/h3-12,14,16,24,26-29H,13,15H2,1-2H3,(H,35,37)/t24-,26?,27?,28-,29-/m1/s1. The molecular formula is C32H28BrClN2O5. The molecule has 1 N–H and O–H groups in total. The Morgan fingerprint density at radius 3 is 1.88 bits per heavy atom. The van der Waals surface area contributed by atoms with Crippen LogP contribution in [0.1, 0.15) is 54.4 Å². The number of nitrogens with one attached hydrogen (secondary N) is 1. The lowest BCUT2D eigenvalue weighted by Crippen LogP contribution is -2.47. The summed E-state index contributed by atoms with van der Waals surface area (Å²) in [4.78, 5) is 55.5. The zero-order chi connectivity index (χ0) is 29.0. The highest BCUT2D eigenvalue weighted by Gasteiger charge is 2.63. The average molecular weight is 636 g/mol. The molecule has 1 aliphatic heterocycles. The number of halogens is 2. The van der Waals surface area contributed by atoms with E-state index < -0.39 is 36.4 Å². The van der Waals surface area contributed by atoms with Crippen molar-refractivity contribution in [3.05, 3.63) is 98.5 Å². The number of likely N-dealkylation sites (tertiary alicyclic amines) is 1. The molecule has 0 radical (unpaired) electrons. The van der Waals surface area contributed by atoms with Crippen LogP contribution in [0.2, 0.25) is 5.02 Å². The zero-order valence-corrected chi connectivity index (χ0v) is 24.8. The maximum Gasteiger partial charge on any atom is 0.329 e. The van der Waals surface area contributed by atoms with Crippen LogP contribution in [0.15, 0.2) is 71.2 Å². The number of benzene rings is 3. The van der Waals surface area contributed by atoms with Gasteiger partial charge in [-0.05, 0) is 52.8 Å². The van der Waals surface area contributed by atoms with Gasteiger partial charge in [0.25, 0.3) is 5.91 Å². The van der Waals surface area contributed by atoms with Gasteiger partial charge >= 0.3 is 5.97 Å². The van der Waals surface area contributed by atoms with Gasteiger partial charge in [0.05, 0.1) is 22.5 Å². The van der Waals surface area contributed by atoms with E-state index in [-0.39, 0.29) is 36.0 Å². The van der Waals surface area contributed by atoms with Gasteiger partial charge in [0.15, 0.2) is 6.61 Å². The summed E-state index contributed by atoms with van der Waals surface area (Å²) in [5, 5.41) is 2.95. The molecule has 0 spiro atoms. The van der Waals surface area contributed by atoms with Gasteiger partial charge in [0, 0.05) is 16.3 Å². The fourth-order valence-corrected chi connectivity index (χ4v) is 7.49. The Bertz CT molecular complexity index is 1470. The predicted molar refractivity (Wildman–Crippen MR) is 157 cm³/mol. The van der Waals surface area contributed by atoms with E-state index in [0.717, 1.165) is 31.6 Å². The van der Waals surface area contributed by atoms with Crippen LogP contribution in [0.25, 0.3) is 0 Å². The molecule has 3 aromatic rings. The second kappa shape index (κ2) is 10.7. The average Bonchev–Trinajstić information content (AvgIpc) is 3.22. The molecule has 1 heterocycles. The van der Waals surface area contributed by atoms with E-state index >= 15 is 0 Å². The Balaban J connectivity index is 1.26. The first-order chi connectivity index (χ1) is 19.7. The summed E-state index contributed by atoms with van der Waals surface area (Å²) in [6.45, 7) is 3.25. The van der Waals surface area contributed by atoms with Crippen molar-refractivity contribution in [1.82, 2.24) is 4.90 Å². The summed E-state index contributed by atoms with van der Waals surface area (Å²) in [6.07, 6.45) is 0.227. The number of hydrogen-bond donors (Lipinski definition) is 1. The van der Waals surface area contributed by atoms with Crippen molar-refractivity contribution in [1.29, 1.82) is 0 Å². The highest BCUT2D eigenvalue weighted by atomic mass is 79.9. The van der Waals surface area contributed by atoms with Crippen LogP contribution >= 0.6 is 27.5 Å². The molecule has 2 bridgehead atoms. The summed E-state index contributed by atoms with van der Waals surface area (Å²) in [7, 11) is 0.